The second-order valence-electron chi connectivity index (χ2n) is 8.29. The van der Waals surface area contributed by atoms with Gasteiger partial charge in [-0.2, -0.15) is 0 Å². The molecule has 0 N–H and O–H groups in total. The number of benzene rings is 3. The van der Waals surface area contributed by atoms with Gasteiger partial charge < -0.3 is 0 Å². The van der Waals surface area contributed by atoms with E-state index in [2.05, 4.69) is 31.0 Å². The number of rotatable bonds is 5. The Morgan fingerprint density at radius 3 is 2.24 bits per heavy atom. The molecule has 162 valence electrons. The van der Waals surface area contributed by atoms with Crippen LogP contribution in [0.4, 0.5) is 0 Å². The van der Waals surface area contributed by atoms with Crippen molar-refractivity contribution in [1.29, 1.82) is 0 Å². The number of pyridine rings is 1. The fourth-order valence-corrected chi connectivity index (χ4v) is 4.06. The van der Waals surface area contributed by atoms with Gasteiger partial charge in [-0.25, -0.2) is 4.98 Å². The van der Waals surface area contributed by atoms with Crippen molar-refractivity contribution in [3.63, 3.8) is 0 Å². The van der Waals surface area contributed by atoms with Gasteiger partial charge >= 0.3 is 0 Å². The molecule has 4 heteroatoms. The smallest absolute Gasteiger partial charge is 0.266 e. The molecule has 4 nitrogen and oxygen atoms in total. The summed E-state index contributed by atoms with van der Waals surface area (Å²) in [7, 11) is 0. The molecular weight excluding hydrogens is 406 g/mol. The van der Waals surface area contributed by atoms with Crippen molar-refractivity contribution >= 4 is 10.9 Å². The van der Waals surface area contributed by atoms with Crippen LogP contribution in [0.5, 0.6) is 0 Å². The molecule has 5 aromatic rings. The van der Waals surface area contributed by atoms with Gasteiger partial charge in [-0.3, -0.25) is 14.3 Å². The first-order chi connectivity index (χ1) is 16.2. The van der Waals surface area contributed by atoms with E-state index >= 15 is 0 Å². The molecule has 1 unspecified atom stereocenters. The lowest BCUT2D eigenvalue weighted by atomic mass is 9.98. The van der Waals surface area contributed by atoms with Crippen molar-refractivity contribution in [2.45, 2.75) is 26.2 Å². The quantitative estimate of drug-likeness (QED) is 0.314. The van der Waals surface area contributed by atoms with E-state index in [0.29, 0.717) is 22.6 Å². The SMILES string of the molecule is CCC(C)c1ccc(-n2c(-c3ccc(-c4ccccc4)nc3)nc3ccccc3c2=O)cc1. The van der Waals surface area contributed by atoms with Crippen LogP contribution in [0.1, 0.15) is 31.7 Å². The fourth-order valence-electron chi connectivity index (χ4n) is 4.06. The first-order valence-corrected chi connectivity index (χ1v) is 11.3. The van der Waals surface area contributed by atoms with E-state index in [1.54, 1.807) is 10.8 Å². The minimum absolute atomic E-state index is 0.0842. The summed E-state index contributed by atoms with van der Waals surface area (Å²) in [5.41, 5.74) is 5.38. The third-order valence-corrected chi connectivity index (χ3v) is 6.20. The number of fused-ring (bicyclic) bond motifs is 1. The van der Waals surface area contributed by atoms with Gasteiger partial charge in [0.2, 0.25) is 0 Å². The molecule has 0 aliphatic rings. The third kappa shape index (κ3) is 3.96. The normalized spacial score (nSPS) is 12.1. The second kappa shape index (κ2) is 8.83. The molecule has 0 fully saturated rings. The maximum Gasteiger partial charge on any atom is 0.266 e. The topological polar surface area (TPSA) is 47.8 Å². The molecule has 2 heterocycles. The van der Waals surface area contributed by atoms with Gasteiger partial charge in [-0.1, -0.05) is 68.4 Å². The predicted molar refractivity (Wildman–Crippen MR) is 135 cm³/mol. The molecule has 0 bridgehead atoms. The number of hydrogen-bond acceptors (Lipinski definition) is 3. The largest absolute Gasteiger partial charge is 0.268 e. The molecule has 2 aromatic heterocycles. The van der Waals surface area contributed by atoms with Gasteiger partial charge in [0.15, 0.2) is 0 Å². The lowest BCUT2D eigenvalue weighted by Gasteiger charge is -2.15. The summed E-state index contributed by atoms with van der Waals surface area (Å²) in [6.45, 7) is 4.39. The molecule has 0 saturated carbocycles. The highest BCUT2D eigenvalue weighted by atomic mass is 16.1. The van der Waals surface area contributed by atoms with Crippen LogP contribution in [0.2, 0.25) is 0 Å². The van der Waals surface area contributed by atoms with Crippen LogP contribution < -0.4 is 5.56 Å². The highest BCUT2D eigenvalue weighted by Crippen LogP contribution is 2.26. The summed E-state index contributed by atoms with van der Waals surface area (Å²) in [4.78, 5) is 23.1. The summed E-state index contributed by atoms with van der Waals surface area (Å²) in [5.74, 6) is 1.06. The van der Waals surface area contributed by atoms with Gasteiger partial charge in [0, 0.05) is 17.3 Å². The number of aromatic nitrogens is 3. The monoisotopic (exact) mass is 431 g/mol. The van der Waals surface area contributed by atoms with E-state index in [0.717, 1.165) is 28.9 Å². The molecule has 1 atom stereocenters. The predicted octanol–water partition coefficient (Wildman–Crippen LogP) is 6.63. The molecular formula is C29H25N3O. The van der Waals surface area contributed by atoms with E-state index in [1.807, 2.05) is 78.9 Å². The van der Waals surface area contributed by atoms with Crippen LogP contribution in [0.25, 0.3) is 39.2 Å². The van der Waals surface area contributed by atoms with Gasteiger partial charge in [0.1, 0.15) is 5.82 Å². The van der Waals surface area contributed by atoms with E-state index in [-0.39, 0.29) is 5.56 Å². The van der Waals surface area contributed by atoms with Crippen molar-refractivity contribution in [3.8, 4) is 28.3 Å². The fraction of sp³-hybridized carbons (Fsp3) is 0.138. The molecule has 5 rings (SSSR count). The zero-order valence-corrected chi connectivity index (χ0v) is 18.8. The van der Waals surface area contributed by atoms with E-state index in [9.17, 15) is 4.79 Å². The Hall–Kier alpha value is -4.05. The zero-order chi connectivity index (χ0) is 22.8. The lowest BCUT2D eigenvalue weighted by molar-refractivity contribution is 0.733. The molecule has 0 aliphatic carbocycles. The Bertz CT molecular complexity index is 1450. The zero-order valence-electron chi connectivity index (χ0n) is 18.8. The maximum absolute atomic E-state index is 13.6. The number of hydrogen-bond donors (Lipinski definition) is 0. The van der Waals surface area contributed by atoms with Crippen molar-refractivity contribution in [3.05, 3.63) is 113 Å². The van der Waals surface area contributed by atoms with Crippen LogP contribution in [0.3, 0.4) is 0 Å². The van der Waals surface area contributed by atoms with Gasteiger partial charge in [-0.05, 0) is 54.3 Å². The van der Waals surface area contributed by atoms with Crippen LogP contribution in [0.15, 0.2) is 102 Å². The summed E-state index contributed by atoms with van der Waals surface area (Å²) in [6.07, 6.45) is 2.87. The second-order valence-corrected chi connectivity index (χ2v) is 8.29. The first kappa shape index (κ1) is 20.8. The Kier molecular flexibility index (Phi) is 5.57. The Morgan fingerprint density at radius 2 is 1.55 bits per heavy atom. The van der Waals surface area contributed by atoms with E-state index < -0.39 is 0 Å². The molecule has 33 heavy (non-hydrogen) atoms. The number of para-hydroxylation sites is 1. The molecule has 0 radical (unpaired) electrons. The Labute approximate surface area is 193 Å². The van der Waals surface area contributed by atoms with Crippen molar-refractivity contribution in [2.75, 3.05) is 0 Å². The van der Waals surface area contributed by atoms with Crippen LogP contribution >= 0.6 is 0 Å². The maximum atomic E-state index is 13.6. The van der Waals surface area contributed by atoms with Gasteiger partial charge in [0.05, 0.1) is 22.3 Å². The highest BCUT2D eigenvalue weighted by molar-refractivity contribution is 5.80. The highest BCUT2D eigenvalue weighted by Gasteiger charge is 2.15. The van der Waals surface area contributed by atoms with Crippen molar-refractivity contribution < 1.29 is 0 Å². The van der Waals surface area contributed by atoms with Gasteiger partial charge in [-0.15, -0.1) is 0 Å². The minimum Gasteiger partial charge on any atom is -0.268 e. The standard InChI is InChI=1S/C29H25N3O/c1-3-20(2)21-13-16-24(17-14-21)32-28(31-27-12-8-7-11-25(27)29(32)33)23-15-18-26(30-19-23)22-9-5-4-6-10-22/h4-20H,3H2,1-2H3. The van der Waals surface area contributed by atoms with Crippen LogP contribution in [-0.2, 0) is 0 Å². The van der Waals surface area contributed by atoms with E-state index in [1.165, 1.54) is 5.56 Å². The average Bonchev–Trinajstić information content (AvgIpc) is 2.89. The Morgan fingerprint density at radius 1 is 0.818 bits per heavy atom. The van der Waals surface area contributed by atoms with E-state index in [4.69, 9.17) is 4.98 Å². The molecule has 0 saturated heterocycles. The lowest BCUT2D eigenvalue weighted by Crippen LogP contribution is -2.22. The van der Waals surface area contributed by atoms with Crippen molar-refractivity contribution in [1.82, 2.24) is 14.5 Å². The summed E-state index contributed by atoms with van der Waals surface area (Å²) in [6, 6.07) is 29.7. The van der Waals surface area contributed by atoms with Crippen LogP contribution in [0, 0.1) is 0 Å². The molecule has 0 amide bonds. The third-order valence-electron chi connectivity index (χ3n) is 6.20. The number of nitrogens with zero attached hydrogens (tertiary/aromatic N) is 3. The van der Waals surface area contributed by atoms with Crippen LogP contribution in [-0.4, -0.2) is 14.5 Å². The van der Waals surface area contributed by atoms with Gasteiger partial charge in [0.25, 0.3) is 5.56 Å². The van der Waals surface area contributed by atoms with Crippen molar-refractivity contribution in [2.24, 2.45) is 0 Å². The molecule has 0 spiro atoms. The summed E-state index contributed by atoms with van der Waals surface area (Å²) in [5, 5.41) is 0.598. The summed E-state index contributed by atoms with van der Waals surface area (Å²) >= 11 is 0. The minimum atomic E-state index is -0.0842. The summed E-state index contributed by atoms with van der Waals surface area (Å²) < 4.78 is 1.70. The first-order valence-electron chi connectivity index (χ1n) is 11.3. The molecule has 0 aliphatic heterocycles. The molecule has 3 aromatic carbocycles. The Balaban J connectivity index is 1.68. The average molecular weight is 432 g/mol.